The number of aryl methyl sites for hydroxylation is 1. The number of benzene rings is 1. The monoisotopic (exact) mass is 192 g/mol. The van der Waals surface area contributed by atoms with E-state index in [0.29, 0.717) is 6.54 Å². The number of carbonyl (C=O) groups excluding carboxylic acids is 1. The minimum atomic E-state index is -0.0556. The van der Waals surface area contributed by atoms with Crippen LogP contribution < -0.4 is 11.1 Å². The third-order valence-corrected chi connectivity index (χ3v) is 2.35. The maximum Gasteiger partial charge on any atom is 0.221 e. The molecule has 0 saturated carbocycles. The topological polar surface area (TPSA) is 55.1 Å². The fourth-order valence-electron chi connectivity index (χ4n) is 1.53. The van der Waals surface area contributed by atoms with E-state index in [1.54, 1.807) is 0 Å². The van der Waals surface area contributed by atoms with Crippen LogP contribution in [0.4, 0.5) is 5.69 Å². The number of hydrogen-bond acceptors (Lipinski definition) is 2. The summed E-state index contributed by atoms with van der Waals surface area (Å²) >= 11 is 0. The first-order valence-corrected chi connectivity index (χ1v) is 4.63. The minimum absolute atomic E-state index is 0.0556. The van der Waals surface area contributed by atoms with Crippen molar-refractivity contribution in [2.45, 2.75) is 27.3 Å². The van der Waals surface area contributed by atoms with Gasteiger partial charge in [0.2, 0.25) is 5.91 Å². The second-order valence-corrected chi connectivity index (χ2v) is 3.42. The average Bonchev–Trinajstić information content (AvgIpc) is 2.10. The van der Waals surface area contributed by atoms with Gasteiger partial charge < -0.3 is 11.1 Å². The first-order valence-electron chi connectivity index (χ1n) is 4.63. The number of hydrogen-bond donors (Lipinski definition) is 2. The van der Waals surface area contributed by atoms with Gasteiger partial charge in [-0.15, -0.1) is 0 Å². The molecule has 1 aromatic rings. The molecule has 1 rings (SSSR count). The minimum Gasteiger partial charge on any atom is -0.326 e. The SMILES string of the molecule is CC(=O)Nc1ccc(C)c(CN)c1C. The van der Waals surface area contributed by atoms with Crippen LogP contribution in [0.3, 0.4) is 0 Å². The van der Waals surface area contributed by atoms with Crippen molar-refractivity contribution in [3.8, 4) is 0 Å². The van der Waals surface area contributed by atoms with Crippen LogP contribution in [0.2, 0.25) is 0 Å². The van der Waals surface area contributed by atoms with Crippen molar-refractivity contribution in [3.63, 3.8) is 0 Å². The maximum atomic E-state index is 10.9. The number of carbonyl (C=O) groups is 1. The van der Waals surface area contributed by atoms with E-state index in [2.05, 4.69) is 5.32 Å². The Bertz CT molecular complexity index is 359. The van der Waals surface area contributed by atoms with Crippen molar-refractivity contribution < 1.29 is 4.79 Å². The summed E-state index contributed by atoms with van der Waals surface area (Å²) < 4.78 is 0. The van der Waals surface area contributed by atoms with Gasteiger partial charge in [-0.25, -0.2) is 0 Å². The van der Waals surface area contributed by atoms with Crippen molar-refractivity contribution >= 4 is 11.6 Å². The van der Waals surface area contributed by atoms with Gasteiger partial charge in [-0.3, -0.25) is 4.79 Å². The largest absolute Gasteiger partial charge is 0.326 e. The molecule has 0 heterocycles. The van der Waals surface area contributed by atoms with Gasteiger partial charge in [-0.2, -0.15) is 0 Å². The molecule has 14 heavy (non-hydrogen) atoms. The van der Waals surface area contributed by atoms with Crippen LogP contribution in [0.1, 0.15) is 23.6 Å². The molecule has 0 spiro atoms. The molecule has 76 valence electrons. The summed E-state index contributed by atoms with van der Waals surface area (Å²) in [4.78, 5) is 10.9. The summed E-state index contributed by atoms with van der Waals surface area (Å²) in [6, 6.07) is 3.88. The van der Waals surface area contributed by atoms with Crippen molar-refractivity contribution in [2.24, 2.45) is 5.73 Å². The molecule has 0 aromatic heterocycles. The number of nitrogens with two attached hydrogens (primary N) is 1. The van der Waals surface area contributed by atoms with Crippen LogP contribution in [-0.4, -0.2) is 5.91 Å². The van der Waals surface area contributed by atoms with Crippen LogP contribution in [0.25, 0.3) is 0 Å². The third-order valence-electron chi connectivity index (χ3n) is 2.35. The third kappa shape index (κ3) is 2.12. The summed E-state index contributed by atoms with van der Waals surface area (Å²) in [6.07, 6.45) is 0. The van der Waals surface area contributed by atoms with E-state index in [9.17, 15) is 4.79 Å². The lowest BCUT2D eigenvalue weighted by Gasteiger charge is -2.12. The molecule has 0 aliphatic heterocycles. The van der Waals surface area contributed by atoms with E-state index in [-0.39, 0.29) is 5.91 Å². The van der Waals surface area contributed by atoms with Gasteiger partial charge in [-0.1, -0.05) is 6.07 Å². The fraction of sp³-hybridized carbons (Fsp3) is 0.364. The fourth-order valence-corrected chi connectivity index (χ4v) is 1.53. The molecule has 0 saturated heterocycles. The maximum absolute atomic E-state index is 10.9. The van der Waals surface area contributed by atoms with E-state index in [4.69, 9.17) is 5.73 Å². The Hall–Kier alpha value is -1.35. The molecule has 0 unspecified atom stereocenters. The number of nitrogens with one attached hydrogen (secondary N) is 1. The Morgan fingerprint density at radius 2 is 2.07 bits per heavy atom. The van der Waals surface area contributed by atoms with Gasteiger partial charge in [0.25, 0.3) is 0 Å². The number of anilines is 1. The molecule has 1 amide bonds. The Labute approximate surface area is 84.3 Å². The molecule has 0 atom stereocenters. The van der Waals surface area contributed by atoms with Gasteiger partial charge in [-0.05, 0) is 36.6 Å². The van der Waals surface area contributed by atoms with Crippen LogP contribution in [-0.2, 0) is 11.3 Å². The lowest BCUT2D eigenvalue weighted by Crippen LogP contribution is -2.10. The summed E-state index contributed by atoms with van der Waals surface area (Å²) in [5.74, 6) is -0.0556. The average molecular weight is 192 g/mol. The highest BCUT2D eigenvalue weighted by molar-refractivity contribution is 5.89. The highest BCUT2D eigenvalue weighted by Crippen LogP contribution is 2.21. The highest BCUT2D eigenvalue weighted by Gasteiger charge is 2.06. The normalized spacial score (nSPS) is 10.0. The van der Waals surface area contributed by atoms with E-state index < -0.39 is 0 Å². The summed E-state index contributed by atoms with van der Waals surface area (Å²) in [5, 5.41) is 2.78. The summed E-state index contributed by atoms with van der Waals surface area (Å²) in [6.45, 7) is 6.00. The molecule has 3 N–H and O–H groups in total. The van der Waals surface area contributed by atoms with Gasteiger partial charge in [0.05, 0.1) is 0 Å². The van der Waals surface area contributed by atoms with Gasteiger partial charge in [0.15, 0.2) is 0 Å². The summed E-state index contributed by atoms with van der Waals surface area (Å²) in [7, 11) is 0. The predicted molar refractivity (Wildman–Crippen MR) is 58.1 cm³/mol. The van der Waals surface area contributed by atoms with E-state index in [1.807, 2.05) is 26.0 Å². The molecule has 0 bridgehead atoms. The molecule has 0 aliphatic rings. The first-order chi connectivity index (χ1) is 6.56. The molecule has 0 radical (unpaired) electrons. The predicted octanol–water partition coefficient (Wildman–Crippen LogP) is 1.72. The Kier molecular flexibility index (Phi) is 3.25. The van der Waals surface area contributed by atoms with Crippen molar-refractivity contribution in [3.05, 3.63) is 28.8 Å². The molecule has 1 aromatic carbocycles. The number of amides is 1. The molecule has 0 aliphatic carbocycles. The summed E-state index contributed by atoms with van der Waals surface area (Å²) in [5.41, 5.74) is 9.82. The zero-order valence-electron chi connectivity index (χ0n) is 8.85. The molecule has 3 nitrogen and oxygen atoms in total. The van der Waals surface area contributed by atoms with Crippen LogP contribution in [0, 0.1) is 13.8 Å². The van der Waals surface area contributed by atoms with Gasteiger partial charge in [0.1, 0.15) is 0 Å². The van der Waals surface area contributed by atoms with Crippen LogP contribution >= 0.6 is 0 Å². The Balaban J connectivity index is 3.14. The molecule has 0 fully saturated rings. The van der Waals surface area contributed by atoms with Crippen LogP contribution in [0.5, 0.6) is 0 Å². The Morgan fingerprint density at radius 3 is 2.57 bits per heavy atom. The van der Waals surface area contributed by atoms with Crippen LogP contribution in [0.15, 0.2) is 12.1 Å². The zero-order chi connectivity index (χ0) is 10.7. The lowest BCUT2D eigenvalue weighted by molar-refractivity contribution is -0.114. The molecular formula is C11H16N2O. The second kappa shape index (κ2) is 4.24. The van der Waals surface area contributed by atoms with Gasteiger partial charge >= 0.3 is 0 Å². The Morgan fingerprint density at radius 1 is 1.43 bits per heavy atom. The van der Waals surface area contributed by atoms with Crippen molar-refractivity contribution in [2.75, 3.05) is 5.32 Å². The van der Waals surface area contributed by atoms with Crippen molar-refractivity contribution in [1.82, 2.24) is 0 Å². The van der Waals surface area contributed by atoms with E-state index in [0.717, 1.165) is 16.8 Å². The quantitative estimate of drug-likeness (QED) is 0.749. The van der Waals surface area contributed by atoms with E-state index in [1.165, 1.54) is 12.5 Å². The first kappa shape index (κ1) is 10.7. The number of rotatable bonds is 2. The standard InChI is InChI=1S/C11H16N2O/c1-7-4-5-11(13-9(3)14)8(2)10(7)6-12/h4-5H,6,12H2,1-3H3,(H,13,14). The van der Waals surface area contributed by atoms with E-state index >= 15 is 0 Å². The lowest BCUT2D eigenvalue weighted by atomic mass is 10.0. The van der Waals surface area contributed by atoms with Gasteiger partial charge in [0, 0.05) is 19.2 Å². The second-order valence-electron chi connectivity index (χ2n) is 3.42. The zero-order valence-corrected chi connectivity index (χ0v) is 8.85. The van der Waals surface area contributed by atoms with Crippen molar-refractivity contribution in [1.29, 1.82) is 0 Å². The smallest absolute Gasteiger partial charge is 0.221 e. The highest BCUT2D eigenvalue weighted by atomic mass is 16.1. The molecular weight excluding hydrogens is 176 g/mol. The molecule has 3 heteroatoms.